The number of nitrogens with two attached hydrogens (primary N) is 1. The number of pyridine rings is 1. The van der Waals surface area contributed by atoms with Crippen LogP contribution in [0.3, 0.4) is 0 Å². The summed E-state index contributed by atoms with van der Waals surface area (Å²) in [6.45, 7) is 10.8. The van der Waals surface area contributed by atoms with E-state index in [-0.39, 0.29) is 35.4 Å². The molecule has 1 aliphatic heterocycles. The molecule has 0 radical (unpaired) electrons. The molecular formula is C27H31F4N3O3Si. The third kappa shape index (κ3) is 5.21. The number of nitrogens with zero attached hydrogens (tertiary/aromatic N) is 2. The maximum Gasteiger partial charge on any atom is 0.416 e. The van der Waals surface area contributed by atoms with Gasteiger partial charge in [-0.3, -0.25) is 4.79 Å². The van der Waals surface area contributed by atoms with Crippen LogP contribution in [0.15, 0.2) is 36.4 Å². The van der Waals surface area contributed by atoms with Crippen LogP contribution in [0.25, 0.3) is 10.9 Å². The fraction of sp³-hybridized carbons (Fsp3) is 0.407. The molecule has 38 heavy (non-hydrogen) atoms. The Balaban J connectivity index is 1.67. The molecule has 0 fully saturated rings. The molecule has 11 heteroatoms. The van der Waals surface area contributed by atoms with E-state index in [0.29, 0.717) is 22.0 Å². The Morgan fingerprint density at radius 1 is 1.18 bits per heavy atom. The number of carbonyl (C=O) groups is 1. The van der Waals surface area contributed by atoms with Crippen LogP contribution in [0, 0.1) is 5.82 Å². The number of carbonyl (C=O) groups excluding carboxylic acids is 1. The largest absolute Gasteiger partial charge is 0.491 e. The fourth-order valence-corrected chi connectivity index (χ4v) is 5.07. The van der Waals surface area contributed by atoms with Crippen LogP contribution in [0.4, 0.5) is 23.4 Å². The van der Waals surface area contributed by atoms with Gasteiger partial charge < -0.3 is 19.8 Å². The number of hydrogen-bond donors (Lipinski definition) is 1. The minimum Gasteiger partial charge on any atom is -0.491 e. The van der Waals surface area contributed by atoms with Gasteiger partial charge in [0.2, 0.25) is 0 Å². The number of halogens is 4. The molecule has 3 aromatic rings. The molecule has 6 nitrogen and oxygen atoms in total. The van der Waals surface area contributed by atoms with E-state index in [0.717, 1.165) is 18.2 Å². The van der Waals surface area contributed by atoms with Crippen molar-refractivity contribution in [3.63, 3.8) is 0 Å². The van der Waals surface area contributed by atoms with E-state index < -0.39 is 37.8 Å². The summed E-state index contributed by atoms with van der Waals surface area (Å²) in [5.41, 5.74) is 6.34. The Hall–Kier alpha value is -3.18. The molecule has 0 saturated heterocycles. The van der Waals surface area contributed by atoms with Crippen molar-refractivity contribution in [1.82, 2.24) is 9.88 Å². The maximum atomic E-state index is 15.2. The predicted octanol–water partition coefficient (Wildman–Crippen LogP) is 6.70. The van der Waals surface area contributed by atoms with Crippen LogP contribution < -0.4 is 10.5 Å². The number of hydrogen-bond acceptors (Lipinski definition) is 5. The number of fused-ring (bicyclic) bond motifs is 2. The number of rotatable bonds is 5. The molecule has 1 aromatic heterocycles. The van der Waals surface area contributed by atoms with E-state index in [9.17, 15) is 18.0 Å². The smallest absolute Gasteiger partial charge is 0.416 e. The molecular weight excluding hydrogens is 518 g/mol. The number of amides is 1. The molecule has 0 bridgehead atoms. The van der Waals surface area contributed by atoms with E-state index in [1.807, 2.05) is 0 Å². The summed E-state index contributed by atoms with van der Waals surface area (Å²) in [4.78, 5) is 18.9. The van der Waals surface area contributed by atoms with Crippen molar-refractivity contribution >= 4 is 30.9 Å². The average Bonchev–Trinajstić information content (AvgIpc) is 3.23. The topological polar surface area (TPSA) is 77.7 Å². The SMILES string of the molecule is CN(C(=O)c1cc2c(CO[Si](C)(C)C(C)(C)C)cc(N)nc2cc1F)C1COc2cc(C(F)(F)F)ccc21. The van der Waals surface area contributed by atoms with Gasteiger partial charge in [-0.25, -0.2) is 9.37 Å². The first-order valence-corrected chi connectivity index (χ1v) is 15.0. The highest BCUT2D eigenvalue weighted by molar-refractivity contribution is 6.74. The number of nitrogen functional groups attached to an aromatic ring is 1. The van der Waals surface area contributed by atoms with Crippen molar-refractivity contribution in [3.05, 3.63) is 64.5 Å². The van der Waals surface area contributed by atoms with Gasteiger partial charge in [-0.1, -0.05) is 26.8 Å². The number of aromatic nitrogens is 1. The Bertz CT molecular complexity index is 1400. The maximum absolute atomic E-state index is 15.2. The lowest BCUT2D eigenvalue weighted by molar-refractivity contribution is -0.137. The summed E-state index contributed by atoms with van der Waals surface area (Å²) in [6, 6.07) is 6.72. The quantitative estimate of drug-likeness (QED) is 0.283. The lowest BCUT2D eigenvalue weighted by Gasteiger charge is -2.36. The third-order valence-electron chi connectivity index (χ3n) is 7.51. The summed E-state index contributed by atoms with van der Waals surface area (Å²) >= 11 is 0. The fourth-order valence-electron chi connectivity index (χ4n) is 4.12. The molecule has 1 amide bonds. The average molecular weight is 550 g/mol. The van der Waals surface area contributed by atoms with Gasteiger partial charge in [-0.05, 0) is 48.0 Å². The van der Waals surface area contributed by atoms with Gasteiger partial charge in [0.25, 0.3) is 5.91 Å². The Morgan fingerprint density at radius 3 is 2.50 bits per heavy atom. The normalized spacial score (nSPS) is 15.9. The molecule has 2 N–H and O–H groups in total. The second kappa shape index (κ2) is 9.53. The Labute approximate surface area is 219 Å². The number of benzene rings is 2. The van der Waals surface area contributed by atoms with Crippen LogP contribution in [-0.2, 0) is 17.2 Å². The van der Waals surface area contributed by atoms with E-state index in [1.165, 1.54) is 24.1 Å². The van der Waals surface area contributed by atoms with E-state index >= 15 is 4.39 Å². The van der Waals surface area contributed by atoms with Gasteiger partial charge in [0, 0.05) is 24.1 Å². The first kappa shape index (κ1) is 27.8. The first-order valence-electron chi connectivity index (χ1n) is 12.1. The number of likely N-dealkylation sites (N-methyl/N-ethyl adjacent to an activating group) is 1. The van der Waals surface area contributed by atoms with E-state index in [2.05, 4.69) is 38.8 Å². The molecule has 0 aliphatic carbocycles. The van der Waals surface area contributed by atoms with Crippen LogP contribution >= 0.6 is 0 Å². The second-order valence-electron chi connectivity index (χ2n) is 11.1. The highest BCUT2D eigenvalue weighted by atomic mass is 28.4. The Morgan fingerprint density at radius 2 is 1.87 bits per heavy atom. The lowest BCUT2D eigenvalue weighted by Crippen LogP contribution is -2.40. The van der Waals surface area contributed by atoms with Crippen molar-refractivity contribution in [3.8, 4) is 5.75 Å². The summed E-state index contributed by atoms with van der Waals surface area (Å²) in [5, 5.41) is 0.506. The lowest BCUT2D eigenvalue weighted by atomic mass is 10.0. The zero-order valence-corrected chi connectivity index (χ0v) is 23.2. The molecule has 2 heterocycles. The van der Waals surface area contributed by atoms with Crippen molar-refractivity contribution in [2.45, 2.75) is 57.7 Å². The van der Waals surface area contributed by atoms with Gasteiger partial charge in [0.05, 0.1) is 29.3 Å². The highest BCUT2D eigenvalue weighted by Crippen LogP contribution is 2.41. The van der Waals surface area contributed by atoms with Crippen LogP contribution in [0.5, 0.6) is 5.75 Å². The van der Waals surface area contributed by atoms with Crippen LogP contribution in [-0.4, -0.2) is 37.8 Å². The summed E-state index contributed by atoms with van der Waals surface area (Å²) in [5.74, 6) is -1.16. The van der Waals surface area contributed by atoms with Crippen molar-refractivity contribution in [2.24, 2.45) is 0 Å². The summed E-state index contributed by atoms with van der Waals surface area (Å²) in [7, 11) is -0.651. The van der Waals surface area contributed by atoms with Gasteiger partial charge >= 0.3 is 6.18 Å². The number of ether oxygens (including phenoxy) is 1. The minimum atomic E-state index is -4.52. The predicted molar refractivity (Wildman–Crippen MR) is 140 cm³/mol. The second-order valence-corrected chi connectivity index (χ2v) is 15.9. The molecule has 4 rings (SSSR count). The summed E-state index contributed by atoms with van der Waals surface area (Å²) < 4.78 is 66.2. The molecule has 1 unspecified atom stereocenters. The molecule has 1 atom stereocenters. The van der Waals surface area contributed by atoms with Crippen molar-refractivity contribution in [1.29, 1.82) is 0 Å². The first-order chi connectivity index (χ1) is 17.5. The molecule has 0 saturated carbocycles. The van der Waals surface area contributed by atoms with Crippen molar-refractivity contribution < 1.29 is 31.5 Å². The van der Waals surface area contributed by atoms with Gasteiger partial charge in [0.15, 0.2) is 8.32 Å². The zero-order valence-electron chi connectivity index (χ0n) is 22.2. The molecule has 2 aromatic carbocycles. The van der Waals surface area contributed by atoms with E-state index in [1.54, 1.807) is 6.07 Å². The Kier molecular flexibility index (Phi) is 6.98. The van der Waals surface area contributed by atoms with Gasteiger partial charge in [-0.2, -0.15) is 13.2 Å². The van der Waals surface area contributed by atoms with E-state index in [4.69, 9.17) is 14.9 Å². The van der Waals surface area contributed by atoms with Gasteiger partial charge in [0.1, 0.15) is 24.0 Å². The van der Waals surface area contributed by atoms with Gasteiger partial charge in [-0.15, -0.1) is 0 Å². The summed E-state index contributed by atoms with van der Waals surface area (Å²) in [6.07, 6.45) is -4.52. The van der Waals surface area contributed by atoms with Crippen LogP contribution in [0.2, 0.25) is 18.1 Å². The minimum absolute atomic E-state index is 0.0299. The van der Waals surface area contributed by atoms with Crippen molar-refractivity contribution in [2.75, 3.05) is 19.4 Å². The standard InChI is InChI=1S/C27H31F4N3O3Si/c1-26(2,3)38(5,6)37-13-15-9-24(32)33-21-12-20(28)19(11-18(15)21)25(35)34(4)22-14-36-23-10-16(27(29,30)31)7-8-17(22)23/h7-12,22H,13-14H2,1-6H3,(H2,32,33). The third-order valence-corrected chi connectivity index (χ3v) is 12.0. The molecule has 1 aliphatic rings. The highest BCUT2D eigenvalue weighted by Gasteiger charge is 2.38. The van der Waals surface area contributed by atoms with Crippen LogP contribution in [0.1, 0.15) is 53.9 Å². The number of alkyl halides is 3. The molecule has 204 valence electrons. The molecule has 0 spiro atoms. The zero-order chi connectivity index (χ0) is 28.2. The number of anilines is 1. The monoisotopic (exact) mass is 549 g/mol.